The number of aliphatic imine (C=N–C) groups is 1. The van der Waals surface area contributed by atoms with E-state index in [1.54, 1.807) is 18.4 Å². The number of nitrogens with zero attached hydrogens (tertiary/aromatic N) is 1. The Morgan fingerprint density at radius 2 is 1.95 bits per heavy atom. The van der Waals surface area contributed by atoms with Gasteiger partial charge < -0.3 is 10.6 Å². The van der Waals surface area contributed by atoms with Crippen molar-refractivity contribution in [2.45, 2.75) is 19.4 Å². The van der Waals surface area contributed by atoms with E-state index < -0.39 is 0 Å². The van der Waals surface area contributed by atoms with E-state index in [1.165, 1.54) is 10.4 Å². The molecule has 0 aliphatic carbocycles. The fourth-order valence-corrected chi connectivity index (χ4v) is 2.59. The molecule has 1 aromatic heterocycles. The Morgan fingerprint density at radius 3 is 2.65 bits per heavy atom. The van der Waals surface area contributed by atoms with Gasteiger partial charge in [-0.25, -0.2) is 0 Å². The van der Waals surface area contributed by atoms with Crippen LogP contribution in [0, 0.1) is 0 Å². The zero-order valence-corrected chi connectivity index (χ0v) is 12.6. The Morgan fingerprint density at radius 1 is 1.10 bits per heavy atom. The van der Waals surface area contributed by atoms with Gasteiger partial charge in [0.05, 0.1) is 6.54 Å². The van der Waals surface area contributed by atoms with E-state index in [0.717, 1.165) is 31.9 Å². The highest BCUT2D eigenvalue weighted by Crippen LogP contribution is 2.07. The molecule has 1 aromatic carbocycles. The van der Waals surface area contributed by atoms with Gasteiger partial charge in [0.25, 0.3) is 0 Å². The Labute approximate surface area is 124 Å². The van der Waals surface area contributed by atoms with Gasteiger partial charge in [-0.1, -0.05) is 36.4 Å². The number of aryl methyl sites for hydroxylation is 1. The largest absolute Gasteiger partial charge is 0.356 e. The van der Waals surface area contributed by atoms with Gasteiger partial charge in [-0.2, -0.15) is 0 Å². The molecule has 20 heavy (non-hydrogen) atoms. The summed E-state index contributed by atoms with van der Waals surface area (Å²) in [4.78, 5) is 5.55. The monoisotopic (exact) mass is 287 g/mol. The molecular formula is C16H21N3S. The van der Waals surface area contributed by atoms with Crippen molar-refractivity contribution >= 4 is 17.3 Å². The lowest BCUT2D eigenvalue weighted by Gasteiger charge is -2.11. The third-order valence-corrected chi connectivity index (χ3v) is 3.89. The number of hydrogen-bond donors (Lipinski definition) is 2. The summed E-state index contributed by atoms with van der Waals surface area (Å²) in [5, 5.41) is 8.76. The molecule has 0 bridgehead atoms. The lowest BCUT2D eigenvalue weighted by atomic mass is 10.1. The van der Waals surface area contributed by atoms with Crippen LogP contribution in [0.1, 0.15) is 16.9 Å². The molecule has 2 aromatic rings. The smallest absolute Gasteiger partial charge is 0.191 e. The number of nitrogens with one attached hydrogen (secondary N) is 2. The fraction of sp³-hybridized carbons (Fsp3) is 0.312. The molecule has 0 aliphatic rings. The minimum absolute atomic E-state index is 0.829. The van der Waals surface area contributed by atoms with E-state index in [4.69, 9.17) is 0 Å². The Balaban J connectivity index is 1.64. The number of rotatable bonds is 6. The van der Waals surface area contributed by atoms with Crippen molar-refractivity contribution in [3.8, 4) is 0 Å². The molecule has 2 N–H and O–H groups in total. The Bertz CT molecular complexity index is 506. The van der Waals surface area contributed by atoms with Crippen molar-refractivity contribution in [1.82, 2.24) is 10.6 Å². The second-order valence-corrected chi connectivity index (χ2v) is 5.55. The highest BCUT2D eigenvalue weighted by Gasteiger charge is 1.98. The van der Waals surface area contributed by atoms with Crippen LogP contribution in [0.25, 0.3) is 0 Å². The molecule has 0 atom stereocenters. The van der Waals surface area contributed by atoms with Crippen molar-refractivity contribution in [1.29, 1.82) is 0 Å². The summed E-state index contributed by atoms with van der Waals surface area (Å²) < 4.78 is 0. The first-order valence-electron chi connectivity index (χ1n) is 6.89. The van der Waals surface area contributed by atoms with Crippen molar-refractivity contribution in [2.24, 2.45) is 4.99 Å². The molecule has 0 unspecified atom stereocenters. The molecule has 0 fully saturated rings. The minimum Gasteiger partial charge on any atom is -0.356 e. The van der Waals surface area contributed by atoms with Crippen LogP contribution in [0.4, 0.5) is 0 Å². The first kappa shape index (κ1) is 14.6. The van der Waals surface area contributed by atoms with Gasteiger partial charge in [0, 0.05) is 18.5 Å². The van der Waals surface area contributed by atoms with Gasteiger partial charge in [0.2, 0.25) is 0 Å². The van der Waals surface area contributed by atoms with Crippen molar-refractivity contribution in [3.05, 3.63) is 58.3 Å². The second kappa shape index (κ2) is 8.38. The fourth-order valence-electron chi connectivity index (χ4n) is 1.95. The summed E-state index contributed by atoms with van der Waals surface area (Å²) in [5.74, 6) is 0.867. The van der Waals surface area contributed by atoms with Crippen molar-refractivity contribution in [3.63, 3.8) is 0 Å². The lowest BCUT2D eigenvalue weighted by Crippen LogP contribution is -2.37. The van der Waals surface area contributed by atoms with Crippen LogP contribution in [0.15, 0.2) is 52.8 Å². The van der Waals surface area contributed by atoms with Gasteiger partial charge in [-0.05, 0) is 29.9 Å². The topological polar surface area (TPSA) is 36.4 Å². The molecule has 0 saturated carbocycles. The zero-order chi connectivity index (χ0) is 14.0. The van der Waals surface area contributed by atoms with Crippen LogP contribution < -0.4 is 10.6 Å². The normalized spacial score (nSPS) is 11.3. The standard InChI is InChI=1S/C16H21N3S/c1-17-16(19-13-15-10-6-12-20-15)18-11-5-9-14-7-3-2-4-8-14/h2-4,6-8,10,12H,5,9,11,13H2,1H3,(H2,17,18,19). The molecule has 1 heterocycles. The number of thiophene rings is 1. The molecule has 3 nitrogen and oxygen atoms in total. The van der Waals surface area contributed by atoms with Crippen LogP contribution in [-0.2, 0) is 13.0 Å². The average molecular weight is 287 g/mol. The lowest BCUT2D eigenvalue weighted by molar-refractivity contribution is 0.744. The maximum absolute atomic E-state index is 4.23. The van der Waals surface area contributed by atoms with Crippen LogP contribution in [0.5, 0.6) is 0 Å². The average Bonchev–Trinajstić information content (AvgIpc) is 3.01. The maximum Gasteiger partial charge on any atom is 0.191 e. The summed E-state index contributed by atoms with van der Waals surface area (Å²) >= 11 is 1.76. The summed E-state index contributed by atoms with van der Waals surface area (Å²) in [5.41, 5.74) is 1.39. The second-order valence-electron chi connectivity index (χ2n) is 4.52. The predicted molar refractivity (Wildman–Crippen MR) is 87.3 cm³/mol. The minimum atomic E-state index is 0.829. The Hall–Kier alpha value is -1.81. The molecular weight excluding hydrogens is 266 g/mol. The van der Waals surface area contributed by atoms with E-state index in [2.05, 4.69) is 63.5 Å². The third-order valence-electron chi connectivity index (χ3n) is 3.01. The SMILES string of the molecule is CN=C(NCCCc1ccccc1)NCc1cccs1. The third kappa shape index (κ3) is 5.05. The molecule has 2 rings (SSSR count). The quantitative estimate of drug-likeness (QED) is 0.487. The van der Waals surface area contributed by atoms with Gasteiger partial charge in [0.15, 0.2) is 5.96 Å². The molecule has 4 heteroatoms. The van der Waals surface area contributed by atoms with Crippen LogP contribution >= 0.6 is 11.3 Å². The van der Waals surface area contributed by atoms with Gasteiger partial charge >= 0.3 is 0 Å². The molecule has 0 amide bonds. The maximum atomic E-state index is 4.23. The Kier molecular flexibility index (Phi) is 6.11. The predicted octanol–water partition coefficient (Wildman–Crippen LogP) is 3.05. The highest BCUT2D eigenvalue weighted by atomic mass is 32.1. The van der Waals surface area contributed by atoms with E-state index in [0.29, 0.717) is 0 Å². The molecule has 0 radical (unpaired) electrons. The highest BCUT2D eigenvalue weighted by molar-refractivity contribution is 7.09. The van der Waals surface area contributed by atoms with Crippen LogP contribution in [-0.4, -0.2) is 19.6 Å². The summed E-state index contributed by atoms with van der Waals surface area (Å²) in [6.07, 6.45) is 2.19. The molecule has 106 valence electrons. The van der Waals surface area contributed by atoms with Crippen molar-refractivity contribution in [2.75, 3.05) is 13.6 Å². The van der Waals surface area contributed by atoms with E-state index in [-0.39, 0.29) is 0 Å². The number of guanidine groups is 1. The molecule has 0 spiro atoms. The van der Waals surface area contributed by atoms with Gasteiger partial charge in [-0.15, -0.1) is 11.3 Å². The van der Waals surface area contributed by atoms with E-state index in [9.17, 15) is 0 Å². The summed E-state index contributed by atoms with van der Waals surface area (Å²) in [6.45, 7) is 1.76. The first-order chi connectivity index (χ1) is 9.88. The number of benzene rings is 1. The zero-order valence-electron chi connectivity index (χ0n) is 11.8. The molecule has 0 saturated heterocycles. The summed E-state index contributed by atoms with van der Waals surface area (Å²) in [7, 11) is 1.81. The summed E-state index contributed by atoms with van der Waals surface area (Å²) in [6, 6.07) is 14.8. The van der Waals surface area contributed by atoms with Crippen LogP contribution in [0.3, 0.4) is 0 Å². The van der Waals surface area contributed by atoms with E-state index >= 15 is 0 Å². The van der Waals surface area contributed by atoms with Crippen molar-refractivity contribution < 1.29 is 0 Å². The van der Waals surface area contributed by atoms with Gasteiger partial charge in [-0.3, -0.25) is 4.99 Å². The molecule has 0 aliphatic heterocycles. The van der Waals surface area contributed by atoms with E-state index in [1.807, 2.05) is 0 Å². The van der Waals surface area contributed by atoms with Gasteiger partial charge in [0.1, 0.15) is 0 Å². The number of hydrogen-bond acceptors (Lipinski definition) is 2. The van der Waals surface area contributed by atoms with Crippen LogP contribution in [0.2, 0.25) is 0 Å². The first-order valence-corrected chi connectivity index (χ1v) is 7.77.